The molecule has 0 aliphatic carbocycles. The lowest BCUT2D eigenvalue weighted by Gasteiger charge is -2.14. The zero-order chi connectivity index (χ0) is 20.5. The van der Waals surface area contributed by atoms with Gasteiger partial charge in [-0.1, -0.05) is 25.1 Å². The predicted octanol–water partition coefficient (Wildman–Crippen LogP) is 4.10. The first-order chi connectivity index (χ1) is 13.2. The largest absolute Gasteiger partial charge is 0.508 e. The van der Waals surface area contributed by atoms with Crippen LogP contribution in [0.3, 0.4) is 0 Å². The minimum absolute atomic E-state index is 0.0190. The molecule has 0 heterocycles. The average molecular weight is 398 g/mol. The molecule has 5 nitrogen and oxygen atoms in total. The molecule has 0 atom stereocenters. The van der Waals surface area contributed by atoms with E-state index in [0.29, 0.717) is 28.7 Å². The van der Waals surface area contributed by atoms with Crippen molar-refractivity contribution in [1.82, 2.24) is 0 Å². The Kier molecular flexibility index (Phi) is 5.34. The van der Waals surface area contributed by atoms with Gasteiger partial charge in [0.05, 0.1) is 9.79 Å². The van der Waals surface area contributed by atoms with Crippen LogP contribution in [0.5, 0.6) is 17.2 Å². The van der Waals surface area contributed by atoms with Crippen molar-refractivity contribution in [3.8, 4) is 17.2 Å². The summed E-state index contributed by atoms with van der Waals surface area (Å²) >= 11 is 0. The van der Waals surface area contributed by atoms with Crippen LogP contribution < -0.4 is 0 Å². The molecule has 3 N–H and O–H groups in total. The van der Waals surface area contributed by atoms with Crippen LogP contribution in [-0.4, -0.2) is 23.7 Å². The van der Waals surface area contributed by atoms with Gasteiger partial charge in [0.2, 0.25) is 9.84 Å². The van der Waals surface area contributed by atoms with E-state index in [1.807, 2.05) is 6.92 Å². The summed E-state index contributed by atoms with van der Waals surface area (Å²) < 4.78 is 26.1. The number of hydrogen-bond acceptors (Lipinski definition) is 5. The Morgan fingerprint density at radius 2 is 1.43 bits per heavy atom. The van der Waals surface area contributed by atoms with Gasteiger partial charge < -0.3 is 15.3 Å². The number of aromatic hydroxyl groups is 3. The minimum Gasteiger partial charge on any atom is -0.508 e. The van der Waals surface area contributed by atoms with Crippen LogP contribution in [0.15, 0.2) is 64.4 Å². The normalized spacial score (nSPS) is 11.5. The predicted molar refractivity (Wildman–Crippen MR) is 107 cm³/mol. The molecule has 0 aliphatic heterocycles. The molecule has 0 bridgehead atoms. The Morgan fingerprint density at radius 1 is 0.786 bits per heavy atom. The van der Waals surface area contributed by atoms with Crippen molar-refractivity contribution < 1.29 is 23.7 Å². The van der Waals surface area contributed by atoms with Crippen molar-refractivity contribution in [2.24, 2.45) is 0 Å². The van der Waals surface area contributed by atoms with Gasteiger partial charge in [-0.2, -0.15) is 0 Å². The second-order valence-corrected chi connectivity index (χ2v) is 8.65. The van der Waals surface area contributed by atoms with Gasteiger partial charge in [0.15, 0.2) is 0 Å². The van der Waals surface area contributed by atoms with Crippen LogP contribution in [-0.2, 0) is 22.7 Å². The van der Waals surface area contributed by atoms with Crippen LogP contribution in [0.1, 0.15) is 29.2 Å². The monoisotopic (exact) mass is 398 g/mol. The van der Waals surface area contributed by atoms with E-state index in [9.17, 15) is 23.7 Å². The first-order valence-corrected chi connectivity index (χ1v) is 10.4. The lowest BCUT2D eigenvalue weighted by atomic mass is 9.98. The summed E-state index contributed by atoms with van der Waals surface area (Å²) in [6, 6.07) is 13.6. The molecule has 0 spiro atoms. The van der Waals surface area contributed by atoms with Crippen molar-refractivity contribution in [2.75, 3.05) is 0 Å². The Hall–Kier alpha value is -2.99. The molecule has 146 valence electrons. The second-order valence-electron chi connectivity index (χ2n) is 6.70. The number of benzene rings is 3. The van der Waals surface area contributed by atoms with E-state index in [0.717, 1.165) is 0 Å². The van der Waals surface area contributed by atoms with Crippen molar-refractivity contribution >= 4 is 9.84 Å². The topological polar surface area (TPSA) is 94.8 Å². The van der Waals surface area contributed by atoms with Gasteiger partial charge in [0, 0.05) is 6.42 Å². The van der Waals surface area contributed by atoms with Gasteiger partial charge in [0.1, 0.15) is 17.2 Å². The molecular formula is C22H22O5S. The Bertz CT molecular complexity index is 1120. The van der Waals surface area contributed by atoms with E-state index in [1.54, 1.807) is 25.1 Å². The molecular weight excluding hydrogens is 376 g/mol. The highest BCUT2D eigenvalue weighted by molar-refractivity contribution is 7.91. The summed E-state index contributed by atoms with van der Waals surface area (Å²) in [7, 11) is -3.82. The van der Waals surface area contributed by atoms with Gasteiger partial charge in [-0.15, -0.1) is 0 Å². The number of rotatable bonds is 5. The first kappa shape index (κ1) is 19.8. The molecule has 0 saturated heterocycles. The highest BCUT2D eigenvalue weighted by Gasteiger charge is 2.22. The molecule has 0 unspecified atom stereocenters. The third-order valence-corrected chi connectivity index (χ3v) is 6.53. The first-order valence-electron chi connectivity index (χ1n) is 8.90. The van der Waals surface area contributed by atoms with Crippen LogP contribution in [0, 0.1) is 6.92 Å². The highest BCUT2D eigenvalue weighted by Crippen LogP contribution is 2.34. The van der Waals surface area contributed by atoms with E-state index >= 15 is 0 Å². The fourth-order valence-electron chi connectivity index (χ4n) is 3.12. The molecule has 3 rings (SSSR count). The summed E-state index contributed by atoms with van der Waals surface area (Å²) in [6.07, 6.45) is 0.656. The molecule has 0 saturated carbocycles. The van der Waals surface area contributed by atoms with Crippen LogP contribution >= 0.6 is 0 Å². The van der Waals surface area contributed by atoms with Crippen molar-refractivity contribution in [2.45, 2.75) is 36.5 Å². The molecule has 28 heavy (non-hydrogen) atoms. The maximum Gasteiger partial charge on any atom is 0.206 e. The average Bonchev–Trinajstić information content (AvgIpc) is 2.67. The zero-order valence-electron chi connectivity index (χ0n) is 15.7. The SMILES string of the molecule is CCc1cc(S(=O)(=O)c2ccc(O)cc2)cc(Cc2cccc(C)c2O)c1O. The third-order valence-electron chi connectivity index (χ3n) is 4.78. The maximum atomic E-state index is 13.0. The molecule has 6 heteroatoms. The number of aryl methyl sites for hydroxylation is 2. The van der Waals surface area contributed by atoms with Crippen molar-refractivity contribution in [3.63, 3.8) is 0 Å². The number of phenols is 3. The van der Waals surface area contributed by atoms with Gasteiger partial charge in [0.25, 0.3) is 0 Å². The van der Waals surface area contributed by atoms with E-state index < -0.39 is 9.84 Å². The summed E-state index contributed by atoms with van der Waals surface area (Å²) in [6.45, 7) is 3.61. The van der Waals surface area contributed by atoms with Crippen LogP contribution in [0.25, 0.3) is 0 Å². The maximum absolute atomic E-state index is 13.0. The minimum atomic E-state index is -3.82. The Morgan fingerprint density at radius 3 is 2.07 bits per heavy atom. The number of hydrogen-bond donors (Lipinski definition) is 3. The lowest BCUT2D eigenvalue weighted by Crippen LogP contribution is -2.05. The molecule has 3 aromatic rings. The molecule has 0 radical (unpaired) electrons. The number of para-hydroxylation sites is 1. The summed E-state index contributed by atoms with van der Waals surface area (Å²) in [5, 5.41) is 30.3. The summed E-state index contributed by atoms with van der Waals surface area (Å²) in [5.41, 5.74) is 2.26. The molecule has 0 amide bonds. The molecule has 0 aromatic heterocycles. The van der Waals surface area contributed by atoms with Gasteiger partial charge in [-0.25, -0.2) is 8.42 Å². The fourth-order valence-corrected chi connectivity index (χ4v) is 4.48. The van der Waals surface area contributed by atoms with E-state index in [4.69, 9.17) is 0 Å². The van der Waals surface area contributed by atoms with E-state index in [1.165, 1.54) is 36.4 Å². The van der Waals surface area contributed by atoms with Gasteiger partial charge in [-0.3, -0.25) is 0 Å². The van der Waals surface area contributed by atoms with Crippen molar-refractivity contribution in [1.29, 1.82) is 0 Å². The Labute approximate surface area is 164 Å². The standard InChI is InChI=1S/C22H22O5S/c1-3-15-12-20(28(26,27)19-9-7-18(23)8-10-19)13-17(22(15)25)11-16-6-4-5-14(2)21(16)24/h4-10,12-13,23-25H,3,11H2,1-2H3. The summed E-state index contributed by atoms with van der Waals surface area (Å²) in [4.78, 5) is 0.123. The van der Waals surface area contributed by atoms with Gasteiger partial charge >= 0.3 is 0 Å². The third kappa shape index (κ3) is 3.68. The molecule has 3 aromatic carbocycles. The number of phenolic OH excluding ortho intramolecular Hbond substituents is 3. The van der Waals surface area contributed by atoms with Crippen LogP contribution in [0.2, 0.25) is 0 Å². The smallest absolute Gasteiger partial charge is 0.206 e. The van der Waals surface area contributed by atoms with Crippen molar-refractivity contribution in [3.05, 3.63) is 76.9 Å². The van der Waals surface area contributed by atoms with E-state index in [2.05, 4.69) is 0 Å². The van der Waals surface area contributed by atoms with E-state index in [-0.39, 0.29) is 33.5 Å². The van der Waals surface area contributed by atoms with Gasteiger partial charge in [-0.05, 0) is 72.0 Å². The quantitative estimate of drug-likeness (QED) is 0.601. The Balaban J connectivity index is 2.12. The fraction of sp³-hybridized carbons (Fsp3) is 0.182. The highest BCUT2D eigenvalue weighted by atomic mass is 32.2. The molecule has 0 aliphatic rings. The summed E-state index contributed by atoms with van der Waals surface area (Å²) in [5.74, 6) is 0.148. The van der Waals surface area contributed by atoms with Crippen LogP contribution in [0.4, 0.5) is 0 Å². The second kappa shape index (κ2) is 7.56. The molecule has 0 fully saturated rings. The lowest BCUT2D eigenvalue weighted by molar-refractivity contribution is 0.457. The number of sulfone groups is 1. The zero-order valence-corrected chi connectivity index (χ0v) is 16.5.